The highest BCUT2D eigenvalue weighted by Gasteiger charge is 2.17. The molecule has 1 atom stereocenters. The molecule has 2 amide bonds. The molecule has 26 heavy (non-hydrogen) atoms. The van der Waals surface area contributed by atoms with Gasteiger partial charge in [-0.3, -0.25) is 9.59 Å². The number of rotatable bonds is 4. The minimum absolute atomic E-state index is 0.275. The second kappa shape index (κ2) is 7.97. The number of aliphatic hydroxyl groups excluding tert-OH is 1. The van der Waals surface area contributed by atoms with Crippen molar-refractivity contribution in [2.24, 2.45) is 0 Å². The number of anilines is 2. The van der Waals surface area contributed by atoms with Crippen LogP contribution >= 0.6 is 0 Å². The molecule has 0 heterocycles. The second-order valence-electron chi connectivity index (χ2n) is 6.40. The highest BCUT2D eigenvalue weighted by atomic mass is 16.3. The Morgan fingerprint density at radius 1 is 1.08 bits per heavy atom. The molecule has 0 aromatic heterocycles. The van der Waals surface area contributed by atoms with Crippen LogP contribution in [0.4, 0.5) is 11.4 Å². The van der Waals surface area contributed by atoms with Crippen molar-refractivity contribution >= 4 is 23.2 Å². The summed E-state index contributed by atoms with van der Waals surface area (Å²) in [5.41, 5.74) is 3.65. The van der Waals surface area contributed by atoms with Crippen LogP contribution in [0.5, 0.6) is 0 Å². The Morgan fingerprint density at radius 3 is 2.69 bits per heavy atom. The lowest BCUT2D eigenvalue weighted by molar-refractivity contribution is -0.111. The molecule has 2 aromatic carbocycles. The minimum atomic E-state index is -0.484. The van der Waals surface area contributed by atoms with Gasteiger partial charge in [-0.2, -0.15) is 0 Å². The third-order valence-corrected chi connectivity index (χ3v) is 4.51. The van der Waals surface area contributed by atoms with Crippen molar-refractivity contribution in [2.75, 3.05) is 10.6 Å². The summed E-state index contributed by atoms with van der Waals surface area (Å²) in [6.07, 6.45) is 4.45. The molecule has 2 aromatic rings. The van der Waals surface area contributed by atoms with Gasteiger partial charge in [0, 0.05) is 16.9 Å². The maximum Gasteiger partial charge on any atom is 0.255 e. The van der Waals surface area contributed by atoms with E-state index in [1.54, 1.807) is 24.3 Å². The third-order valence-electron chi connectivity index (χ3n) is 4.51. The van der Waals surface area contributed by atoms with Crippen LogP contribution in [0.15, 0.2) is 55.1 Å². The van der Waals surface area contributed by atoms with Gasteiger partial charge in [-0.1, -0.05) is 25.1 Å². The first-order valence-electron chi connectivity index (χ1n) is 8.72. The highest BCUT2D eigenvalue weighted by Crippen LogP contribution is 2.30. The fourth-order valence-electron chi connectivity index (χ4n) is 3.15. The molecule has 1 aliphatic carbocycles. The maximum absolute atomic E-state index is 12.5. The number of fused-ring (bicyclic) bond motifs is 1. The van der Waals surface area contributed by atoms with Gasteiger partial charge in [0.1, 0.15) is 0 Å². The Morgan fingerprint density at radius 2 is 1.88 bits per heavy atom. The number of hydrogen-bond donors (Lipinski definition) is 3. The van der Waals surface area contributed by atoms with E-state index in [-0.39, 0.29) is 11.8 Å². The van der Waals surface area contributed by atoms with Gasteiger partial charge >= 0.3 is 0 Å². The summed E-state index contributed by atoms with van der Waals surface area (Å²) in [7, 11) is 0. The van der Waals surface area contributed by atoms with E-state index in [0.717, 1.165) is 36.8 Å². The molecule has 5 heteroatoms. The number of aliphatic hydroxyl groups is 1. The summed E-state index contributed by atoms with van der Waals surface area (Å²) < 4.78 is 0. The van der Waals surface area contributed by atoms with Crippen molar-refractivity contribution in [2.45, 2.75) is 31.8 Å². The molecule has 3 N–H and O–H groups in total. The molecule has 0 spiro atoms. The Kier molecular flexibility index (Phi) is 5.49. The van der Waals surface area contributed by atoms with E-state index in [0.29, 0.717) is 16.9 Å². The monoisotopic (exact) mass is 350 g/mol. The number of carbonyl (C=O) groups is 2. The lowest BCUT2D eigenvalue weighted by Crippen LogP contribution is -2.14. The smallest absolute Gasteiger partial charge is 0.255 e. The predicted octanol–water partition coefficient (Wildman–Crippen LogP) is 3.82. The Balaban J connectivity index is 1.77. The average molecular weight is 350 g/mol. The van der Waals surface area contributed by atoms with Crippen LogP contribution in [0, 0.1) is 0 Å². The number of aryl methyl sites for hydroxylation is 1. The van der Waals surface area contributed by atoms with Crippen molar-refractivity contribution in [3.63, 3.8) is 0 Å². The van der Waals surface area contributed by atoms with E-state index in [1.165, 1.54) is 6.08 Å². The zero-order valence-electron chi connectivity index (χ0n) is 14.5. The molecule has 0 saturated carbocycles. The van der Waals surface area contributed by atoms with Crippen molar-refractivity contribution in [1.82, 2.24) is 0 Å². The standard InChI is InChI=1S/C21H22N2O3/c1-2-20(25)22-16-8-5-7-15(12-16)21(26)23-17-11-10-14-6-3-4-9-19(24)18(14)13-17/h2,5,7-8,10-13,19,24H,1,3-4,6,9H2,(H,22,25)(H,23,26). The van der Waals surface area contributed by atoms with E-state index in [9.17, 15) is 14.7 Å². The van der Waals surface area contributed by atoms with Crippen molar-refractivity contribution in [1.29, 1.82) is 0 Å². The van der Waals surface area contributed by atoms with Crippen molar-refractivity contribution in [3.8, 4) is 0 Å². The van der Waals surface area contributed by atoms with Crippen LogP contribution in [0.1, 0.15) is 46.9 Å². The van der Waals surface area contributed by atoms with E-state index >= 15 is 0 Å². The van der Waals surface area contributed by atoms with Gasteiger partial charge in [0.2, 0.25) is 5.91 Å². The topological polar surface area (TPSA) is 78.4 Å². The summed E-state index contributed by atoms with van der Waals surface area (Å²) in [5, 5.41) is 15.8. The van der Waals surface area contributed by atoms with Gasteiger partial charge in [0.25, 0.3) is 5.91 Å². The maximum atomic E-state index is 12.5. The molecule has 1 aliphatic rings. The number of carbonyl (C=O) groups excluding carboxylic acids is 2. The highest BCUT2D eigenvalue weighted by molar-refractivity contribution is 6.06. The summed E-state index contributed by atoms with van der Waals surface area (Å²) in [5.74, 6) is -0.606. The van der Waals surface area contributed by atoms with E-state index in [2.05, 4.69) is 17.2 Å². The van der Waals surface area contributed by atoms with Gasteiger partial charge in [0.15, 0.2) is 0 Å². The first-order chi connectivity index (χ1) is 12.6. The van der Waals surface area contributed by atoms with Crippen LogP contribution in [0.2, 0.25) is 0 Å². The molecule has 134 valence electrons. The molecule has 0 radical (unpaired) electrons. The van der Waals surface area contributed by atoms with Crippen LogP contribution in [-0.2, 0) is 11.2 Å². The lowest BCUT2D eigenvalue weighted by Gasteiger charge is -2.14. The molecule has 0 saturated heterocycles. The molecule has 5 nitrogen and oxygen atoms in total. The Labute approximate surface area is 152 Å². The van der Waals surface area contributed by atoms with Crippen LogP contribution in [0.3, 0.4) is 0 Å². The molecule has 1 unspecified atom stereocenters. The number of hydrogen-bond acceptors (Lipinski definition) is 3. The largest absolute Gasteiger partial charge is 0.388 e. The van der Waals surface area contributed by atoms with Crippen LogP contribution < -0.4 is 10.6 Å². The zero-order chi connectivity index (χ0) is 18.5. The van der Waals surface area contributed by atoms with Crippen LogP contribution in [-0.4, -0.2) is 16.9 Å². The first kappa shape index (κ1) is 17.9. The fourth-order valence-corrected chi connectivity index (χ4v) is 3.15. The fraction of sp³-hybridized carbons (Fsp3) is 0.238. The molecule has 0 fully saturated rings. The average Bonchev–Trinajstić information content (AvgIpc) is 2.83. The lowest BCUT2D eigenvalue weighted by atomic mass is 10.00. The van der Waals surface area contributed by atoms with Gasteiger partial charge in [-0.05, 0) is 66.8 Å². The predicted molar refractivity (Wildman–Crippen MR) is 102 cm³/mol. The second-order valence-corrected chi connectivity index (χ2v) is 6.40. The van der Waals surface area contributed by atoms with Crippen molar-refractivity contribution < 1.29 is 14.7 Å². The summed E-state index contributed by atoms with van der Waals surface area (Å²) in [6.45, 7) is 3.41. The SMILES string of the molecule is C=CC(=O)Nc1cccc(C(=O)Nc2ccc3c(c2)C(O)CCCC3)c1. The van der Waals surface area contributed by atoms with E-state index < -0.39 is 6.10 Å². The zero-order valence-corrected chi connectivity index (χ0v) is 14.5. The van der Waals surface area contributed by atoms with Crippen LogP contribution in [0.25, 0.3) is 0 Å². The van der Waals surface area contributed by atoms with Gasteiger partial charge in [-0.15, -0.1) is 0 Å². The third kappa shape index (κ3) is 4.18. The number of nitrogens with one attached hydrogen (secondary N) is 2. The van der Waals surface area contributed by atoms with Gasteiger partial charge in [-0.25, -0.2) is 0 Å². The minimum Gasteiger partial charge on any atom is -0.388 e. The molecule has 0 aliphatic heterocycles. The molecular formula is C21H22N2O3. The first-order valence-corrected chi connectivity index (χ1v) is 8.72. The molecule has 3 rings (SSSR count). The Bertz CT molecular complexity index is 845. The quantitative estimate of drug-likeness (QED) is 0.579. The normalized spacial score (nSPS) is 16.1. The Hall–Kier alpha value is -2.92. The molecule has 0 bridgehead atoms. The number of benzene rings is 2. The summed E-state index contributed by atoms with van der Waals surface area (Å²) in [4.78, 5) is 23.9. The van der Waals surface area contributed by atoms with Gasteiger partial charge < -0.3 is 15.7 Å². The molecular weight excluding hydrogens is 328 g/mol. The van der Waals surface area contributed by atoms with E-state index in [1.807, 2.05) is 18.2 Å². The van der Waals surface area contributed by atoms with E-state index in [4.69, 9.17) is 0 Å². The van der Waals surface area contributed by atoms with Crippen molar-refractivity contribution in [3.05, 3.63) is 71.8 Å². The van der Waals surface area contributed by atoms with Gasteiger partial charge in [0.05, 0.1) is 6.10 Å². The number of amides is 2. The summed E-state index contributed by atoms with van der Waals surface area (Å²) >= 11 is 0. The summed E-state index contributed by atoms with van der Waals surface area (Å²) in [6, 6.07) is 12.4.